The smallest absolute Gasteiger partial charge is 0.323 e. The van der Waals surface area contributed by atoms with Gasteiger partial charge >= 0.3 is 18.1 Å². The lowest BCUT2D eigenvalue weighted by atomic mass is 10.5. The molecule has 0 aliphatic carbocycles. The Morgan fingerprint density at radius 1 is 0.560 bits per heavy atom. The van der Waals surface area contributed by atoms with Crippen LogP contribution in [0.2, 0.25) is 0 Å². The molecule has 3 rings (SSSR count). The Balaban J connectivity index is 1.94. The lowest BCUT2D eigenvalue weighted by molar-refractivity contribution is 0.294. The average molecular weight is 347 g/mol. The van der Waals surface area contributed by atoms with Crippen molar-refractivity contribution in [2.75, 3.05) is 19.8 Å². The van der Waals surface area contributed by atoms with Gasteiger partial charge in [-0.3, -0.25) is 0 Å². The van der Waals surface area contributed by atoms with Gasteiger partial charge in [-0.1, -0.05) is 20.8 Å². The second-order valence-corrected chi connectivity index (χ2v) is 5.30. The van der Waals surface area contributed by atoms with Crippen LogP contribution in [0.25, 0.3) is 0 Å². The number of nitrogens with zero attached hydrogens (tertiary/aromatic N) is 7. The third-order valence-corrected chi connectivity index (χ3v) is 3.08. The highest BCUT2D eigenvalue weighted by atomic mass is 16.5. The summed E-state index contributed by atoms with van der Waals surface area (Å²) < 4.78 is 16.6. The highest BCUT2D eigenvalue weighted by Gasteiger charge is 2.36. The van der Waals surface area contributed by atoms with Gasteiger partial charge in [0.2, 0.25) is 17.9 Å². The van der Waals surface area contributed by atoms with E-state index in [0.717, 1.165) is 19.3 Å². The lowest BCUT2D eigenvalue weighted by Crippen LogP contribution is -2.48. The van der Waals surface area contributed by atoms with E-state index in [4.69, 9.17) is 14.2 Å². The van der Waals surface area contributed by atoms with Gasteiger partial charge in [0.25, 0.3) is 0 Å². The van der Waals surface area contributed by atoms with E-state index in [9.17, 15) is 0 Å². The predicted octanol–water partition coefficient (Wildman–Crippen LogP) is 1.75. The maximum Gasteiger partial charge on any atom is 0.323 e. The largest absolute Gasteiger partial charge is 0.463 e. The van der Waals surface area contributed by atoms with Crippen molar-refractivity contribution in [1.82, 2.24) is 4.90 Å². The maximum atomic E-state index is 5.53. The van der Waals surface area contributed by atoms with Gasteiger partial charge in [-0.15, -0.1) is 0 Å². The summed E-state index contributed by atoms with van der Waals surface area (Å²) in [4.78, 5) is 27.3. The second-order valence-electron chi connectivity index (χ2n) is 5.30. The fraction of sp³-hybridized carbons (Fsp3) is 0.600. The number of ether oxygens (including phenoxy) is 3. The molecule has 0 aromatic carbocycles. The summed E-state index contributed by atoms with van der Waals surface area (Å²) in [6, 6.07) is 0.593. The van der Waals surface area contributed by atoms with Gasteiger partial charge in [-0.05, 0) is 19.3 Å². The zero-order chi connectivity index (χ0) is 17.6. The highest BCUT2D eigenvalue weighted by molar-refractivity contribution is 6.28. The molecule has 0 bridgehead atoms. The second kappa shape index (κ2) is 7.86. The van der Waals surface area contributed by atoms with Crippen molar-refractivity contribution >= 4 is 35.9 Å². The van der Waals surface area contributed by atoms with Crippen molar-refractivity contribution in [2.45, 2.75) is 40.0 Å². The van der Waals surface area contributed by atoms with Crippen LogP contribution in [-0.2, 0) is 14.2 Å². The molecule has 10 nitrogen and oxygen atoms in total. The Morgan fingerprint density at radius 3 is 1.16 bits per heavy atom. The minimum Gasteiger partial charge on any atom is -0.463 e. The monoisotopic (exact) mass is 347 g/mol. The van der Waals surface area contributed by atoms with Crippen LogP contribution >= 0.6 is 0 Å². The van der Waals surface area contributed by atoms with E-state index in [2.05, 4.69) is 30.0 Å². The molecule has 134 valence electrons. The van der Waals surface area contributed by atoms with E-state index >= 15 is 0 Å². The van der Waals surface area contributed by atoms with Gasteiger partial charge < -0.3 is 14.2 Å². The molecule has 0 saturated heterocycles. The van der Waals surface area contributed by atoms with E-state index < -0.39 is 0 Å². The first-order valence-corrected chi connectivity index (χ1v) is 8.45. The molecule has 3 heterocycles. The van der Waals surface area contributed by atoms with Crippen LogP contribution in [0, 0.1) is 0 Å². The molecule has 0 aromatic heterocycles. The van der Waals surface area contributed by atoms with Crippen LogP contribution in [0.4, 0.5) is 0 Å². The zero-order valence-electron chi connectivity index (χ0n) is 14.6. The van der Waals surface area contributed by atoms with E-state index in [0.29, 0.717) is 37.7 Å². The summed E-state index contributed by atoms with van der Waals surface area (Å²) in [5, 5.41) is 0. The van der Waals surface area contributed by atoms with Gasteiger partial charge in [0.1, 0.15) is 0 Å². The van der Waals surface area contributed by atoms with Crippen molar-refractivity contribution in [3.05, 3.63) is 0 Å². The molecule has 10 heteroatoms. The van der Waals surface area contributed by atoms with Crippen molar-refractivity contribution in [1.29, 1.82) is 0 Å². The number of hydrogen-bond donors (Lipinski definition) is 0. The third-order valence-electron chi connectivity index (χ3n) is 3.08. The summed E-state index contributed by atoms with van der Waals surface area (Å²) in [5.74, 6) is 0.942. The van der Waals surface area contributed by atoms with Gasteiger partial charge in [-0.25, -0.2) is 4.90 Å². The average Bonchev–Trinajstić information content (AvgIpc) is 2.62. The molecule has 0 radical (unpaired) electrons. The maximum absolute atomic E-state index is 5.53. The topological polar surface area (TPSA) is 105 Å². The minimum absolute atomic E-state index is 0.198. The Labute approximate surface area is 145 Å². The summed E-state index contributed by atoms with van der Waals surface area (Å²) in [6.07, 6.45) is 2.52. The van der Waals surface area contributed by atoms with Crippen LogP contribution in [-0.4, -0.2) is 60.7 Å². The Morgan fingerprint density at radius 2 is 0.880 bits per heavy atom. The SMILES string of the molecule is CCCOC1=NC2=NC(OCCC)=NC3=NC(OCCC)=NC(=N1)N23. The normalized spacial score (nSPS) is 18.1. The molecule has 0 amide bonds. The van der Waals surface area contributed by atoms with Gasteiger partial charge in [0.05, 0.1) is 19.8 Å². The van der Waals surface area contributed by atoms with E-state index in [1.165, 1.54) is 4.90 Å². The zero-order valence-corrected chi connectivity index (χ0v) is 14.6. The van der Waals surface area contributed by atoms with Crippen molar-refractivity contribution in [3.63, 3.8) is 0 Å². The summed E-state index contributed by atoms with van der Waals surface area (Å²) >= 11 is 0. The van der Waals surface area contributed by atoms with E-state index in [1.807, 2.05) is 20.8 Å². The number of guanidine groups is 3. The molecular formula is C15H21N7O3. The standard InChI is InChI=1S/C15H21N7O3/c1-4-7-23-13-16-10-18-14(24-8-5-2)20-12-21-15(25-9-6-3)19-11(17-13)22(10)12/h4-9H2,1-3H3. The molecule has 0 aromatic rings. The van der Waals surface area contributed by atoms with Gasteiger partial charge in [0, 0.05) is 0 Å². The molecule has 3 aliphatic heterocycles. The first kappa shape index (κ1) is 17.1. The molecule has 0 saturated carbocycles. The highest BCUT2D eigenvalue weighted by Crippen LogP contribution is 2.18. The number of hydrogen-bond acceptors (Lipinski definition) is 10. The van der Waals surface area contributed by atoms with Crippen LogP contribution in [0.3, 0.4) is 0 Å². The first-order valence-electron chi connectivity index (χ1n) is 8.45. The lowest BCUT2D eigenvalue weighted by Gasteiger charge is -2.29. The molecule has 0 fully saturated rings. The number of aliphatic imine (C=N–C) groups is 6. The van der Waals surface area contributed by atoms with E-state index in [-0.39, 0.29) is 18.1 Å². The van der Waals surface area contributed by atoms with Gasteiger partial charge in [0.15, 0.2) is 0 Å². The molecular weight excluding hydrogens is 326 g/mol. The Hall–Kier alpha value is -2.78. The van der Waals surface area contributed by atoms with Crippen LogP contribution < -0.4 is 0 Å². The predicted molar refractivity (Wildman–Crippen MR) is 95.2 cm³/mol. The molecule has 3 aliphatic rings. The molecule has 0 N–H and O–H groups in total. The molecule has 0 atom stereocenters. The van der Waals surface area contributed by atoms with Crippen LogP contribution in [0.5, 0.6) is 0 Å². The minimum atomic E-state index is 0.198. The van der Waals surface area contributed by atoms with Crippen molar-refractivity contribution in [3.8, 4) is 0 Å². The Bertz CT molecular complexity index is 611. The Kier molecular flexibility index (Phi) is 5.36. The van der Waals surface area contributed by atoms with Crippen LogP contribution in [0.15, 0.2) is 30.0 Å². The van der Waals surface area contributed by atoms with E-state index in [1.54, 1.807) is 0 Å². The number of rotatable bonds is 6. The fourth-order valence-electron chi connectivity index (χ4n) is 2.01. The summed E-state index contributed by atoms with van der Waals surface area (Å²) in [5.41, 5.74) is 0. The van der Waals surface area contributed by atoms with Crippen LogP contribution in [0.1, 0.15) is 40.0 Å². The summed E-state index contributed by atoms with van der Waals surface area (Å²) in [6.45, 7) is 7.51. The molecule has 0 spiro atoms. The third kappa shape index (κ3) is 3.83. The summed E-state index contributed by atoms with van der Waals surface area (Å²) in [7, 11) is 0. The van der Waals surface area contributed by atoms with Crippen molar-refractivity contribution in [2.24, 2.45) is 30.0 Å². The quantitative estimate of drug-likeness (QED) is 0.729. The fourth-order valence-corrected chi connectivity index (χ4v) is 2.01. The van der Waals surface area contributed by atoms with Crippen molar-refractivity contribution < 1.29 is 14.2 Å². The molecule has 0 unspecified atom stereocenters. The van der Waals surface area contributed by atoms with Gasteiger partial charge in [-0.2, -0.15) is 30.0 Å². The first-order chi connectivity index (χ1) is 12.2. The molecule has 25 heavy (non-hydrogen) atoms. The number of amidine groups is 3.